The molecule has 0 aliphatic carbocycles. The van der Waals surface area contributed by atoms with Crippen LogP contribution in [0.15, 0.2) is 174 Å². The number of hydrogen-bond donors (Lipinski definition) is 0. The van der Waals surface area contributed by atoms with E-state index in [1.807, 2.05) is 6.07 Å². The van der Waals surface area contributed by atoms with Crippen LogP contribution in [0.4, 0.5) is 0 Å². The molecular weight excluding hydrogens is 544 g/mol. The van der Waals surface area contributed by atoms with Gasteiger partial charge in [-0.2, -0.15) is 0 Å². The first-order valence-electron chi connectivity index (χ1n) is 15.4. The highest BCUT2D eigenvalue weighted by atomic mass is 16.3. The first kappa shape index (κ1) is 25.6. The van der Waals surface area contributed by atoms with Crippen LogP contribution in [0.1, 0.15) is 0 Å². The van der Waals surface area contributed by atoms with Crippen LogP contribution < -0.4 is 0 Å². The summed E-state index contributed by atoms with van der Waals surface area (Å²) >= 11 is 0. The molecule has 0 saturated carbocycles. The summed E-state index contributed by atoms with van der Waals surface area (Å²) in [5.41, 5.74) is 11.6. The third-order valence-corrected chi connectivity index (χ3v) is 9.04. The average Bonchev–Trinajstić information content (AvgIpc) is 3.50. The van der Waals surface area contributed by atoms with E-state index in [-0.39, 0.29) is 0 Å². The van der Waals surface area contributed by atoms with Gasteiger partial charge in [0.1, 0.15) is 11.2 Å². The van der Waals surface area contributed by atoms with Gasteiger partial charge < -0.3 is 4.42 Å². The molecule has 9 rings (SSSR count). The molecule has 0 unspecified atom stereocenters. The lowest BCUT2D eigenvalue weighted by Crippen LogP contribution is -1.92. The summed E-state index contributed by atoms with van der Waals surface area (Å²) in [4.78, 5) is 0. The fourth-order valence-electron chi connectivity index (χ4n) is 7.08. The average molecular weight is 573 g/mol. The Morgan fingerprint density at radius 1 is 0.289 bits per heavy atom. The molecule has 0 fully saturated rings. The van der Waals surface area contributed by atoms with E-state index in [0.29, 0.717) is 0 Å². The van der Waals surface area contributed by atoms with Gasteiger partial charge in [0.25, 0.3) is 0 Å². The predicted molar refractivity (Wildman–Crippen MR) is 190 cm³/mol. The third-order valence-electron chi connectivity index (χ3n) is 9.04. The van der Waals surface area contributed by atoms with Crippen molar-refractivity contribution in [1.82, 2.24) is 0 Å². The van der Waals surface area contributed by atoms with E-state index in [4.69, 9.17) is 4.42 Å². The molecule has 45 heavy (non-hydrogen) atoms. The summed E-state index contributed by atoms with van der Waals surface area (Å²) in [6.07, 6.45) is 0. The quantitative estimate of drug-likeness (QED) is 0.191. The van der Waals surface area contributed by atoms with E-state index >= 15 is 0 Å². The zero-order chi connectivity index (χ0) is 29.7. The Hall–Kier alpha value is -5.92. The summed E-state index contributed by atoms with van der Waals surface area (Å²) in [5, 5.41) is 7.24. The number of benzene rings is 8. The van der Waals surface area contributed by atoms with Crippen molar-refractivity contribution < 1.29 is 4.42 Å². The predicted octanol–water partition coefficient (Wildman–Crippen LogP) is 12.6. The number of hydrogen-bond acceptors (Lipinski definition) is 1. The van der Waals surface area contributed by atoms with Crippen molar-refractivity contribution in [3.63, 3.8) is 0 Å². The van der Waals surface area contributed by atoms with Crippen LogP contribution in [-0.4, -0.2) is 0 Å². The van der Waals surface area contributed by atoms with Gasteiger partial charge in [-0.1, -0.05) is 140 Å². The van der Waals surface area contributed by atoms with Crippen LogP contribution in [0.2, 0.25) is 0 Å². The van der Waals surface area contributed by atoms with Crippen molar-refractivity contribution in [2.75, 3.05) is 0 Å². The maximum atomic E-state index is 6.34. The third kappa shape index (κ3) is 4.17. The Morgan fingerprint density at radius 3 is 1.31 bits per heavy atom. The van der Waals surface area contributed by atoms with Crippen LogP contribution in [0.5, 0.6) is 0 Å². The van der Waals surface area contributed by atoms with Crippen molar-refractivity contribution in [2.24, 2.45) is 0 Å². The standard InChI is InChI=1S/C44H28O/c1-3-14-29(15-4-1)31-26-32(30-16-5-2-6-17-30)28-33(27-31)42-34-18-7-9-20-36(34)43(37-21-10-8-19-35(37)42)39-23-13-25-41-44(39)38-22-11-12-24-40(38)45-41/h1-28H. The van der Waals surface area contributed by atoms with Gasteiger partial charge in [-0.05, 0) is 96.4 Å². The van der Waals surface area contributed by atoms with Crippen LogP contribution in [0, 0.1) is 0 Å². The zero-order valence-electron chi connectivity index (χ0n) is 24.6. The van der Waals surface area contributed by atoms with Gasteiger partial charge in [0.2, 0.25) is 0 Å². The maximum absolute atomic E-state index is 6.34. The maximum Gasteiger partial charge on any atom is 0.136 e. The SMILES string of the molecule is c1ccc(-c2cc(-c3ccccc3)cc(-c3c4ccccc4c(-c4cccc5oc6ccccc6c45)c4ccccc34)c2)cc1. The highest BCUT2D eigenvalue weighted by Gasteiger charge is 2.20. The Balaban J connectivity index is 1.40. The Morgan fingerprint density at radius 2 is 0.733 bits per heavy atom. The van der Waals surface area contributed by atoms with E-state index in [1.165, 1.54) is 66.1 Å². The van der Waals surface area contributed by atoms with Crippen LogP contribution in [0.25, 0.3) is 88.0 Å². The van der Waals surface area contributed by atoms with Crippen molar-refractivity contribution in [2.45, 2.75) is 0 Å². The summed E-state index contributed by atoms with van der Waals surface area (Å²) in [6.45, 7) is 0. The Bertz CT molecular complexity index is 2410. The lowest BCUT2D eigenvalue weighted by Gasteiger charge is -2.19. The first-order chi connectivity index (χ1) is 22.3. The summed E-state index contributed by atoms with van der Waals surface area (Å²) in [6, 6.07) is 61.0. The minimum atomic E-state index is 0.911. The van der Waals surface area contributed by atoms with Crippen LogP contribution >= 0.6 is 0 Å². The molecule has 9 aromatic rings. The van der Waals surface area contributed by atoms with Gasteiger partial charge in [-0.3, -0.25) is 0 Å². The van der Waals surface area contributed by atoms with E-state index in [2.05, 4.69) is 164 Å². The molecule has 1 nitrogen and oxygen atoms in total. The molecule has 8 aromatic carbocycles. The van der Waals surface area contributed by atoms with Crippen LogP contribution in [0.3, 0.4) is 0 Å². The lowest BCUT2D eigenvalue weighted by molar-refractivity contribution is 0.669. The van der Waals surface area contributed by atoms with Crippen molar-refractivity contribution in [3.05, 3.63) is 170 Å². The second-order valence-electron chi connectivity index (χ2n) is 11.6. The molecule has 0 aliphatic heterocycles. The second kappa shape index (κ2) is 10.4. The molecule has 0 radical (unpaired) electrons. The smallest absolute Gasteiger partial charge is 0.136 e. The molecule has 0 amide bonds. The molecule has 1 aromatic heterocycles. The largest absolute Gasteiger partial charge is 0.456 e. The van der Waals surface area contributed by atoms with Gasteiger partial charge in [0.05, 0.1) is 0 Å². The lowest BCUT2D eigenvalue weighted by atomic mass is 9.83. The fraction of sp³-hybridized carbons (Fsp3) is 0. The highest BCUT2D eigenvalue weighted by Crippen LogP contribution is 2.47. The van der Waals surface area contributed by atoms with Gasteiger partial charge in [0.15, 0.2) is 0 Å². The highest BCUT2D eigenvalue weighted by molar-refractivity contribution is 6.25. The minimum absolute atomic E-state index is 0.911. The first-order valence-corrected chi connectivity index (χ1v) is 15.4. The number of furan rings is 1. The summed E-state index contributed by atoms with van der Waals surface area (Å²) in [7, 11) is 0. The summed E-state index contributed by atoms with van der Waals surface area (Å²) < 4.78 is 6.34. The zero-order valence-corrected chi connectivity index (χ0v) is 24.6. The molecule has 0 spiro atoms. The molecule has 1 heteroatoms. The van der Waals surface area contributed by atoms with E-state index in [1.54, 1.807) is 0 Å². The summed E-state index contributed by atoms with van der Waals surface area (Å²) in [5.74, 6) is 0. The van der Waals surface area contributed by atoms with Crippen LogP contribution in [-0.2, 0) is 0 Å². The number of rotatable bonds is 4. The normalized spacial score (nSPS) is 11.6. The van der Waals surface area contributed by atoms with Crippen molar-refractivity contribution >= 4 is 43.5 Å². The Labute approximate surface area is 261 Å². The topological polar surface area (TPSA) is 13.1 Å². The molecule has 0 bridgehead atoms. The molecule has 1 heterocycles. The van der Waals surface area contributed by atoms with Gasteiger partial charge in [-0.15, -0.1) is 0 Å². The van der Waals surface area contributed by atoms with Gasteiger partial charge in [0, 0.05) is 10.8 Å². The second-order valence-corrected chi connectivity index (χ2v) is 11.6. The molecular formula is C44H28O. The van der Waals surface area contributed by atoms with Gasteiger partial charge >= 0.3 is 0 Å². The number of fused-ring (bicyclic) bond motifs is 5. The van der Waals surface area contributed by atoms with E-state index in [0.717, 1.165) is 21.9 Å². The molecule has 0 saturated heterocycles. The monoisotopic (exact) mass is 572 g/mol. The number of para-hydroxylation sites is 1. The molecule has 0 aliphatic rings. The van der Waals surface area contributed by atoms with Crippen molar-refractivity contribution in [1.29, 1.82) is 0 Å². The fourth-order valence-corrected chi connectivity index (χ4v) is 7.08. The molecule has 0 N–H and O–H groups in total. The Kier molecular flexibility index (Phi) is 5.89. The van der Waals surface area contributed by atoms with E-state index in [9.17, 15) is 0 Å². The van der Waals surface area contributed by atoms with Crippen molar-refractivity contribution in [3.8, 4) is 44.5 Å². The molecule has 0 atom stereocenters. The van der Waals surface area contributed by atoms with E-state index < -0.39 is 0 Å². The van der Waals surface area contributed by atoms with Gasteiger partial charge in [-0.25, -0.2) is 0 Å². The molecule has 210 valence electrons. The minimum Gasteiger partial charge on any atom is -0.456 e.